The van der Waals surface area contributed by atoms with Gasteiger partial charge in [-0.15, -0.1) is 0 Å². The summed E-state index contributed by atoms with van der Waals surface area (Å²) in [4.78, 5) is 0.177. The molecule has 0 spiro atoms. The molecule has 0 radical (unpaired) electrons. The molecule has 2 fully saturated rings. The molecule has 1 aromatic rings. The van der Waals surface area contributed by atoms with Crippen LogP contribution in [0.25, 0.3) is 0 Å². The number of hydrogen-bond donors (Lipinski definition) is 2. The molecule has 21 heavy (non-hydrogen) atoms. The van der Waals surface area contributed by atoms with E-state index >= 15 is 0 Å². The predicted molar refractivity (Wildman–Crippen MR) is 78.1 cm³/mol. The number of aliphatic hydroxyl groups is 1. The van der Waals surface area contributed by atoms with Crippen LogP contribution < -0.4 is 0 Å². The van der Waals surface area contributed by atoms with Gasteiger partial charge >= 0.3 is 0 Å². The van der Waals surface area contributed by atoms with Gasteiger partial charge in [-0.1, -0.05) is 12.8 Å². The molecule has 1 aromatic heterocycles. The second-order valence-corrected chi connectivity index (χ2v) is 7.98. The molecule has 0 amide bonds. The summed E-state index contributed by atoms with van der Waals surface area (Å²) in [5, 5.41) is 16.0. The fourth-order valence-electron chi connectivity index (χ4n) is 3.91. The van der Waals surface area contributed by atoms with Crippen LogP contribution in [0.5, 0.6) is 0 Å². The molecule has 2 aliphatic rings. The lowest BCUT2D eigenvalue weighted by molar-refractivity contribution is 0.129. The summed E-state index contributed by atoms with van der Waals surface area (Å²) in [5.41, 5.74) is 0.738. The Morgan fingerprint density at radius 1 is 1.29 bits per heavy atom. The monoisotopic (exact) mass is 313 g/mol. The van der Waals surface area contributed by atoms with Crippen molar-refractivity contribution in [3.05, 3.63) is 11.4 Å². The minimum atomic E-state index is -3.58. The van der Waals surface area contributed by atoms with Gasteiger partial charge in [0, 0.05) is 12.6 Å². The van der Waals surface area contributed by atoms with Gasteiger partial charge in [0.15, 0.2) is 0 Å². The Bertz CT molecular complexity index is 609. The lowest BCUT2D eigenvalue weighted by Gasteiger charge is -2.43. The van der Waals surface area contributed by atoms with E-state index < -0.39 is 10.0 Å². The van der Waals surface area contributed by atoms with Crippen molar-refractivity contribution in [3.8, 4) is 0 Å². The van der Waals surface area contributed by atoms with Gasteiger partial charge in [-0.3, -0.25) is 5.10 Å². The Kier molecular flexibility index (Phi) is 4.07. The zero-order valence-electron chi connectivity index (χ0n) is 12.4. The number of sulfonamides is 1. The normalized spacial score (nSPS) is 27.5. The van der Waals surface area contributed by atoms with E-state index in [0.717, 1.165) is 32.1 Å². The smallest absolute Gasteiger partial charge is 0.247 e. The van der Waals surface area contributed by atoms with Crippen LogP contribution in [-0.4, -0.2) is 40.6 Å². The number of aromatic nitrogens is 2. The summed E-state index contributed by atoms with van der Waals surface area (Å²) >= 11 is 0. The summed E-state index contributed by atoms with van der Waals surface area (Å²) in [6, 6.07) is 0.123. The molecular weight excluding hydrogens is 290 g/mol. The Labute approximate surface area is 125 Å². The standard InChI is InChI=1S/C14H23N3O3S/c1-10-14(12(9-18)16-15-10)21(19,20)17-8-4-6-11-5-2-3-7-13(11)17/h11,13,18H,2-9H2,1H3,(H,15,16). The maximum atomic E-state index is 13.1. The maximum absolute atomic E-state index is 13.1. The lowest BCUT2D eigenvalue weighted by atomic mass is 9.79. The Balaban J connectivity index is 1.98. The SMILES string of the molecule is Cc1[nH]nc(CO)c1S(=O)(=O)N1CCCC2CCCCC21. The molecule has 0 aromatic carbocycles. The van der Waals surface area contributed by atoms with Gasteiger partial charge in [-0.25, -0.2) is 8.42 Å². The fourth-order valence-corrected chi connectivity index (χ4v) is 5.99. The highest BCUT2D eigenvalue weighted by atomic mass is 32.2. The van der Waals surface area contributed by atoms with Crippen LogP contribution in [0.15, 0.2) is 4.90 Å². The molecule has 3 rings (SSSR count). The van der Waals surface area contributed by atoms with Crippen molar-refractivity contribution in [1.29, 1.82) is 0 Å². The third kappa shape index (κ3) is 2.51. The van der Waals surface area contributed by atoms with Crippen LogP contribution in [0.2, 0.25) is 0 Å². The van der Waals surface area contributed by atoms with E-state index in [2.05, 4.69) is 10.2 Å². The molecule has 2 N–H and O–H groups in total. The number of H-pyrrole nitrogens is 1. The molecule has 1 saturated heterocycles. The van der Waals surface area contributed by atoms with Gasteiger partial charge in [0.2, 0.25) is 10.0 Å². The van der Waals surface area contributed by atoms with Gasteiger partial charge in [0.25, 0.3) is 0 Å². The van der Waals surface area contributed by atoms with Crippen LogP contribution in [0, 0.1) is 12.8 Å². The second-order valence-electron chi connectivity index (χ2n) is 6.15. The Morgan fingerprint density at radius 2 is 2.00 bits per heavy atom. The van der Waals surface area contributed by atoms with Crippen molar-refractivity contribution in [3.63, 3.8) is 0 Å². The van der Waals surface area contributed by atoms with Crippen molar-refractivity contribution >= 4 is 10.0 Å². The van der Waals surface area contributed by atoms with Crippen molar-refractivity contribution in [2.24, 2.45) is 5.92 Å². The van der Waals surface area contributed by atoms with Crippen LogP contribution >= 0.6 is 0 Å². The maximum Gasteiger partial charge on any atom is 0.247 e. The number of nitrogens with one attached hydrogen (secondary N) is 1. The third-order valence-corrected chi connectivity index (χ3v) is 7.00. The highest BCUT2D eigenvalue weighted by molar-refractivity contribution is 7.89. The quantitative estimate of drug-likeness (QED) is 0.886. The van der Waals surface area contributed by atoms with Gasteiger partial charge in [-0.05, 0) is 38.5 Å². The predicted octanol–water partition coefficient (Wildman–Crippen LogP) is 1.55. The highest BCUT2D eigenvalue weighted by Gasteiger charge is 2.41. The molecule has 7 heteroatoms. The van der Waals surface area contributed by atoms with E-state index in [1.807, 2.05) is 0 Å². The largest absolute Gasteiger partial charge is 0.390 e. The number of fused-ring (bicyclic) bond motifs is 1. The molecule has 0 bridgehead atoms. The Morgan fingerprint density at radius 3 is 2.76 bits per heavy atom. The van der Waals surface area contributed by atoms with Gasteiger partial charge in [0.05, 0.1) is 12.3 Å². The summed E-state index contributed by atoms with van der Waals surface area (Å²) in [7, 11) is -3.58. The summed E-state index contributed by atoms with van der Waals surface area (Å²) < 4.78 is 27.8. The van der Waals surface area contributed by atoms with E-state index in [1.165, 1.54) is 6.42 Å². The summed E-state index contributed by atoms with van der Waals surface area (Å²) in [6.07, 6.45) is 6.45. The van der Waals surface area contributed by atoms with E-state index in [1.54, 1.807) is 11.2 Å². The van der Waals surface area contributed by atoms with Crippen molar-refractivity contribution in [2.75, 3.05) is 6.54 Å². The zero-order valence-corrected chi connectivity index (χ0v) is 13.2. The average molecular weight is 313 g/mol. The van der Waals surface area contributed by atoms with Gasteiger partial charge < -0.3 is 5.11 Å². The molecule has 1 aliphatic heterocycles. The average Bonchev–Trinajstić information content (AvgIpc) is 2.88. The third-order valence-electron chi connectivity index (χ3n) is 4.87. The summed E-state index contributed by atoms with van der Waals surface area (Å²) in [5.74, 6) is 0.493. The summed E-state index contributed by atoms with van der Waals surface area (Å²) in [6.45, 7) is 1.92. The topological polar surface area (TPSA) is 86.3 Å². The van der Waals surface area contributed by atoms with Crippen molar-refractivity contribution in [2.45, 2.75) is 63.0 Å². The van der Waals surface area contributed by atoms with Crippen LogP contribution in [0.1, 0.15) is 49.9 Å². The van der Waals surface area contributed by atoms with E-state index in [0.29, 0.717) is 18.2 Å². The van der Waals surface area contributed by atoms with E-state index in [-0.39, 0.29) is 23.2 Å². The molecule has 1 saturated carbocycles. The van der Waals surface area contributed by atoms with Crippen molar-refractivity contribution in [1.82, 2.24) is 14.5 Å². The molecule has 2 atom stereocenters. The van der Waals surface area contributed by atoms with Gasteiger partial charge in [-0.2, -0.15) is 9.40 Å². The number of rotatable bonds is 3. The molecule has 2 unspecified atom stereocenters. The van der Waals surface area contributed by atoms with Crippen molar-refractivity contribution < 1.29 is 13.5 Å². The van der Waals surface area contributed by atoms with Crippen LogP contribution in [-0.2, 0) is 16.6 Å². The first-order valence-corrected chi connectivity index (χ1v) is 9.16. The highest BCUT2D eigenvalue weighted by Crippen LogP contribution is 2.38. The first-order chi connectivity index (χ1) is 10.1. The zero-order chi connectivity index (χ0) is 15.0. The lowest BCUT2D eigenvalue weighted by Crippen LogP contribution is -2.49. The molecular formula is C14H23N3O3S. The van der Waals surface area contributed by atoms with E-state index in [9.17, 15) is 13.5 Å². The number of piperidine rings is 1. The fraction of sp³-hybridized carbons (Fsp3) is 0.786. The number of nitrogens with zero attached hydrogens (tertiary/aromatic N) is 2. The first-order valence-electron chi connectivity index (χ1n) is 7.72. The number of aliphatic hydroxyl groups excluding tert-OH is 1. The molecule has 1 aliphatic carbocycles. The molecule has 118 valence electrons. The second kappa shape index (κ2) is 5.70. The van der Waals surface area contributed by atoms with E-state index in [4.69, 9.17) is 0 Å². The minimum Gasteiger partial charge on any atom is -0.390 e. The first kappa shape index (κ1) is 15.0. The number of hydrogen-bond acceptors (Lipinski definition) is 4. The minimum absolute atomic E-state index is 0.123. The number of aryl methyl sites for hydroxylation is 1. The Hall–Kier alpha value is -0.920. The number of aromatic amines is 1. The van der Waals surface area contributed by atoms with Gasteiger partial charge in [0.1, 0.15) is 10.6 Å². The molecule has 2 heterocycles. The van der Waals surface area contributed by atoms with Crippen LogP contribution in [0.4, 0.5) is 0 Å². The van der Waals surface area contributed by atoms with Crippen LogP contribution in [0.3, 0.4) is 0 Å². The molecule has 6 nitrogen and oxygen atoms in total.